The predicted molar refractivity (Wildman–Crippen MR) is 217 cm³/mol. The van der Waals surface area contributed by atoms with Gasteiger partial charge >= 0.3 is 11.8 Å². The number of hydrogen-bond acceptors (Lipinski definition) is 10. The van der Waals surface area contributed by atoms with Gasteiger partial charge in [0.2, 0.25) is 11.8 Å². The van der Waals surface area contributed by atoms with E-state index in [0.29, 0.717) is 30.0 Å². The van der Waals surface area contributed by atoms with Gasteiger partial charge in [0.1, 0.15) is 11.5 Å². The van der Waals surface area contributed by atoms with Crippen LogP contribution >= 0.6 is 0 Å². The first-order valence-electron chi connectivity index (χ1n) is 19.6. The van der Waals surface area contributed by atoms with Crippen LogP contribution in [0.1, 0.15) is 91.3 Å². The van der Waals surface area contributed by atoms with Crippen molar-refractivity contribution in [2.45, 2.75) is 71.4 Å². The molecule has 13 nitrogen and oxygen atoms in total. The molecule has 2 saturated heterocycles. The molecular weight excluding hydrogens is 738 g/mol. The quantitative estimate of drug-likeness (QED) is 0.134. The van der Waals surface area contributed by atoms with Crippen LogP contribution in [0.5, 0.6) is 0 Å². The molecule has 58 heavy (non-hydrogen) atoms. The lowest BCUT2D eigenvalue weighted by atomic mass is 9.89. The van der Waals surface area contributed by atoms with Crippen LogP contribution in [0.25, 0.3) is 33.4 Å². The van der Waals surface area contributed by atoms with E-state index in [1.165, 1.54) is 6.07 Å². The van der Waals surface area contributed by atoms with E-state index in [0.717, 1.165) is 76.3 Å². The van der Waals surface area contributed by atoms with Gasteiger partial charge in [-0.2, -0.15) is 10.1 Å². The fourth-order valence-electron chi connectivity index (χ4n) is 7.78. The van der Waals surface area contributed by atoms with E-state index in [2.05, 4.69) is 77.2 Å². The number of carbonyl (C=O) groups excluding carboxylic acids is 3. The number of hydrogen-bond donors (Lipinski definition) is 3. The molecule has 3 aromatic carbocycles. The summed E-state index contributed by atoms with van der Waals surface area (Å²) in [7, 11) is 0. The summed E-state index contributed by atoms with van der Waals surface area (Å²) in [5.74, 6) is -1.78. The minimum absolute atomic E-state index is 0.0595. The van der Waals surface area contributed by atoms with Gasteiger partial charge in [-0.05, 0) is 72.9 Å². The number of H-pyrrole nitrogens is 1. The number of nitrogens with zero attached hydrogens (tertiary/aromatic N) is 6. The number of benzene rings is 3. The first-order valence-corrected chi connectivity index (χ1v) is 19.6. The fourth-order valence-corrected chi connectivity index (χ4v) is 7.78. The van der Waals surface area contributed by atoms with Crippen LogP contribution in [-0.4, -0.2) is 74.1 Å². The third-order valence-electron chi connectivity index (χ3n) is 11.1. The minimum atomic E-state index is -0.635. The van der Waals surface area contributed by atoms with Gasteiger partial charge in [-0.3, -0.25) is 29.7 Å². The number of aromatic amines is 1. The maximum Gasteiger partial charge on any atom is 0.315 e. The van der Waals surface area contributed by atoms with Gasteiger partial charge in [0.25, 0.3) is 0 Å². The molecule has 2 fully saturated rings. The highest BCUT2D eigenvalue weighted by molar-refractivity contribution is 6.01. The van der Waals surface area contributed by atoms with E-state index in [1.54, 1.807) is 6.07 Å². The van der Waals surface area contributed by atoms with Crippen molar-refractivity contribution in [1.29, 1.82) is 0 Å². The van der Waals surface area contributed by atoms with Gasteiger partial charge < -0.3 is 14.7 Å². The van der Waals surface area contributed by atoms with Gasteiger partial charge in [-0.15, -0.1) is 0 Å². The summed E-state index contributed by atoms with van der Waals surface area (Å²) in [6.45, 7) is 13.8. The topological polar surface area (TPSA) is 162 Å². The van der Waals surface area contributed by atoms with Gasteiger partial charge in [-0.25, -0.2) is 9.37 Å². The lowest BCUT2D eigenvalue weighted by Gasteiger charge is -2.36. The molecule has 0 bridgehead atoms. The maximum atomic E-state index is 15.1. The first-order chi connectivity index (χ1) is 27.8. The van der Waals surface area contributed by atoms with Crippen LogP contribution in [0.2, 0.25) is 0 Å². The Morgan fingerprint density at radius 1 is 0.983 bits per heavy atom. The number of aromatic nitrogens is 5. The molecule has 298 valence electrons. The van der Waals surface area contributed by atoms with E-state index < -0.39 is 23.5 Å². The molecule has 0 radical (unpaired) electrons. The molecule has 6 aromatic rings. The number of anilines is 1. The summed E-state index contributed by atoms with van der Waals surface area (Å²) in [6, 6.07) is 21.5. The molecule has 2 unspecified atom stereocenters. The lowest BCUT2D eigenvalue weighted by molar-refractivity contribution is -0.134. The number of imide groups is 1. The Morgan fingerprint density at radius 3 is 2.43 bits per heavy atom. The smallest absolute Gasteiger partial charge is 0.315 e. The lowest BCUT2D eigenvalue weighted by Crippen LogP contribution is -2.46. The van der Waals surface area contributed by atoms with Crippen molar-refractivity contribution in [3.05, 3.63) is 113 Å². The van der Waals surface area contributed by atoms with E-state index in [9.17, 15) is 14.4 Å². The molecule has 3 aromatic heterocycles. The van der Waals surface area contributed by atoms with Gasteiger partial charge in [0.05, 0.1) is 12.0 Å². The SMILES string of the molecule is Cc1cc(-c2n[nH]c3ncc(-c4ccc(N5CCN(Cc6ccc(C7CCC(=O)NC7=O)c(F)c6)CC5)cc4)cc23)ccc1C(C)NC(=O)c1nc(C(C)(C)C)no1. The Kier molecular flexibility index (Phi) is 10.4. The monoisotopic (exact) mass is 783 g/mol. The number of pyridine rings is 1. The second-order valence-electron chi connectivity index (χ2n) is 16.3. The number of piperazine rings is 1. The number of nitrogens with one attached hydrogen (secondary N) is 3. The molecule has 2 atom stereocenters. The van der Waals surface area contributed by atoms with Crippen LogP contribution in [0.15, 0.2) is 77.4 Å². The van der Waals surface area contributed by atoms with Crippen molar-refractivity contribution in [2.24, 2.45) is 0 Å². The van der Waals surface area contributed by atoms with Crippen LogP contribution in [0.4, 0.5) is 10.1 Å². The summed E-state index contributed by atoms with van der Waals surface area (Å²) < 4.78 is 20.3. The van der Waals surface area contributed by atoms with Crippen molar-refractivity contribution in [2.75, 3.05) is 31.1 Å². The highest BCUT2D eigenvalue weighted by Crippen LogP contribution is 2.33. The molecule has 0 spiro atoms. The summed E-state index contributed by atoms with van der Waals surface area (Å²) in [5.41, 5.74) is 8.39. The second-order valence-corrected chi connectivity index (χ2v) is 16.3. The Morgan fingerprint density at radius 2 is 1.74 bits per heavy atom. The molecule has 2 aliphatic rings. The Bertz CT molecular complexity index is 2510. The Balaban J connectivity index is 0.892. The summed E-state index contributed by atoms with van der Waals surface area (Å²) >= 11 is 0. The molecular formula is C44H46FN9O4. The zero-order chi connectivity index (χ0) is 40.7. The van der Waals surface area contributed by atoms with Crippen molar-refractivity contribution < 1.29 is 23.3 Å². The number of rotatable bonds is 9. The standard InChI is InChI=1S/C44H46FN9O4/c1-25-20-29(9-13-32(25)26(2)47-41(57)42-49-43(52-58-42)44(3,4)5)38-35-22-30(23-46-39(35)51-50-38)28-7-10-31(11-8-28)54-18-16-53(17-19-54)24-27-6-12-33(36(45)21-27)34-14-15-37(55)48-40(34)56/h6-13,20-23,26,34H,14-19,24H2,1-5H3,(H,47,57)(H,46,50,51)(H,48,55,56). The van der Waals surface area contributed by atoms with Crippen molar-refractivity contribution in [1.82, 2.24) is 40.9 Å². The van der Waals surface area contributed by atoms with Crippen molar-refractivity contribution >= 4 is 34.4 Å². The normalized spacial score (nSPS) is 17.1. The highest BCUT2D eigenvalue weighted by Gasteiger charge is 2.30. The number of halogens is 1. The molecule has 3 amide bonds. The average Bonchev–Trinajstić information content (AvgIpc) is 3.88. The summed E-state index contributed by atoms with van der Waals surface area (Å²) in [4.78, 5) is 50.3. The maximum absolute atomic E-state index is 15.1. The predicted octanol–water partition coefficient (Wildman–Crippen LogP) is 6.75. The zero-order valence-electron chi connectivity index (χ0n) is 33.2. The fraction of sp³-hybridized carbons (Fsp3) is 0.341. The molecule has 5 heterocycles. The summed E-state index contributed by atoms with van der Waals surface area (Å²) in [5, 5.41) is 17.9. The summed E-state index contributed by atoms with van der Waals surface area (Å²) in [6.07, 6.45) is 2.40. The van der Waals surface area contributed by atoms with E-state index in [-0.39, 0.29) is 29.7 Å². The van der Waals surface area contributed by atoms with Crippen molar-refractivity contribution in [3.63, 3.8) is 0 Å². The van der Waals surface area contributed by atoms with E-state index >= 15 is 4.39 Å². The molecule has 0 saturated carbocycles. The Labute approximate surface area is 335 Å². The first kappa shape index (κ1) is 38.6. The third kappa shape index (κ3) is 7.97. The van der Waals surface area contributed by atoms with Crippen LogP contribution < -0.4 is 15.5 Å². The molecule has 3 N–H and O–H groups in total. The van der Waals surface area contributed by atoms with E-state index in [4.69, 9.17) is 9.51 Å². The molecule has 14 heteroatoms. The number of fused-ring (bicyclic) bond motifs is 1. The second kappa shape index (κ2) is 15.6. The van der Waals surface area contributed by atoms with Crippen molar-refractivity contribution in [3.8, 4) is 22.4 Å². The number of carbonyl (C=O) groups is 3. The Hall–Kier alpha value is -6.28. The zero-order valence-corrected chi connectivity index (χ0v) is 33.2. The largest absolute Gasteiger partial charge is 0.369 e. The molecule has 0 aliphatic carbocycles. The average molecular weight is 784 g/mol. The van der Waals surface area contributed by atoms with Gasteiger partial charge in [0.15, 0.2) is 11.5 Å². The number of piperidine rings is 1. The van der Waals surface area contributed by atoms with Crippen LogP contribution in [-0.2, 0) is 21.5 Å². The van der Waals surface area contributed by atoms with Gasteiger partial charge in [0, 0.05) is 78.5 Å². The number of aryl methyl sites for hydroxylation is 1. The van der Waals surface area contributed by atoms with E-state index in [1.807, 2.05) is 59.0 Å². The van der Waals surface area contributed by atoms with Gasteiger partial charge in [-0.1, -0.05) is 62.3 Å². The molecule has 8 rings (SSSR count). The number of amides is 3. The third-order valence-corrected chi connectivity index (χ3v) is 11.1. The minimum Gasteiger partial charge on any atom is -0.369 e. The van der Waals surface area contributed by atoms with Crippen LogP contribution in [0, 0.1) is 12.7 Å². The van der Waals surface area contributed by atoms with Crippen LogP contribution in [0.3, 0.4) is 0 Å². The highest BCUT2D eigenvalue weighted by atomic mass is 19.1. The molecule has 2 aliphatic heterocycles.